The fraction of sp³-hybridized carbons (Fsp3) is 0.0625. The zero-order valence-electron chi connectivity index (χ0n) is 11.1. The van der Waals surface area contributed by atoms with E-state index < -0.39 is 11.9 Å². The van der Waals surface area contributed by atoms with E-state index in [0.717, 1.165) is 0 Å². The number of anilines is 1. The van der Waals surface area contributed by atoms with E-state index in [1.165, 1.54) is 24.3 Å². The monoisotopic (exact) mass is 283 g/mol. The quantitative estimate of drug-likeness (QED) is 0.652. The molecule has 0 radical (unpaired) electrons. The Hall–Kier alpha value is -2.95. The SMILES string of the molecule is O=C(CC(=O)c1ccccc1)Nc1ccc(C(=O)O)cc1. The van der Waals surface area contributed by atoms with E-state index in [1.54, 1.807) is 30.3 Å². The highest BCUT2D eigenvalue weighted by atomic mass is 16.4. The van der Waals surface area contributed by atoms with E-state index in [9.17, 15) is 14.4 Å². The van der Waals surface area contributed by atoms with Gasteiger partial charge in [0.2, 0.25) is 5.91 Å². The van der Waals surface area contributed by atoms with Crippen LogP contribution in [0.25, 0.3) is 0 Å². The van der Waals surface area contributed by atoms with Gasteiger partial charge in [0.15, 0.2) is 5.78 Å². The third-order valence-electron chi connectivity index (χ3n) is 2.83. The van der Waals surface area contributed by atoms with E-state index in [4.69, 9.17) is 5.11 Å². The summed E-state index contributed by atoms with van der Waals surface area (Å²) in [5, 5.41) is 11.3. The highest BCUT2D eigenvalue weighted by Crippen LogP contribution is 2.11. The summed E-state index contributed by atoms with van der Waals surface area (Å²) < 4.78 is 0. The second kappa shape index (κ2) is 6.47. The highest BCUT2D eigenvalue weighted by Gasteiger charge is 2.11. The molecule has 0 aliphatic heterocycles. The number of nitrogens with one attached hydrogen (secondary N) is 1. The van der Waals surface area contributed by atoms with E-state index in [1.807, 2.05) is 0 Å². The van der Waals surface area contributed by atoms with E-state index in [-0.39, 0.29) is 17.8 Å². The summed E-state index contributed by atoms with van der Waals surface area (Å²) in [6.45, 7) is 0. The Morgan fingerprint density at radius 2 is 1.48 bits per heavy atom. The van der Waals surface area contributed by atoms with Crippen molar-refractivity contribution in [3.8, 4) is 0 Å². The van der Waals surface area contributed by atoms with Crippen molar-refractivity contribution in [3.63, 3.8) is 0 Å². The van der Waals surface area contributed by atoms with Crippen LogP contribution < -0.4 is 5.32 Å². The number of carbonyl (C=O) groups is 3. The minimum Gasteiger partial charge on any atom is -0.478 e. The Bertz CT molecular complexity index is 662. The Balaban J connectivity index is 1.95. The maximum Gasteiger partial charge on any atom is 0.335 e. The zero-order valence-corrected chi connectivity index (χ0v) is 11.1. The molecule has 0 aliphatic rings. The number of carboxylic acid groups (broad SMARTS) is 1. The van der Waals surface area contributed by atoms with Crippen molar-refractivity contribution in [2.75, 3.05) is 5.32 Å². The fourth-order valence-electron chi connectivity index (χ4n) is 1.77. The Labute approximate surface area is 121 Å². The first-order valence-electron chi connectivity index (χ1n) is 6.28. The van der Waals surface area contributed by atoms with Crippen LogP contribution in [-0.4, -0.2) is 22.8 Å². The first-order chi connectivity index (χ1) is 10.1. The van der Waals surface area contributed by atoms with Crippen LogP contribution >= 0.6 is 0 Å². The molecule has 0 saturated heterocycles. The summed E-state index contributed by atoms with van der Waals surface area (Å²) in [4.78, 5) is 34.3. The molecule has 0 aliphatic carbocycles. The number of benzene rings is 2. The van der Waals surface area contributed by atoms with Crippen molar-refractivity contribution >= 4 is 23.3 Å². The van der Waals surface area contributed by atoms with Gasteiger partial charge in [-0.05, 0) is 24.3 Å². The molecule has 0 spiro atoms. The standard InChI is InChI=1S/C16H13NO4/c18-14(11-4-2-1-3-5-11)10-15(19)17-13-8-6-12(7-9-13)16(20)21/h1-9H,10H2,(H,17,19)(H,20,21). The number of hydrogen-bond donors (Lipinski definition) is 2. The molecule has 0 bridgehead atoms. The first-order valence-corrected chi connectivity index (χ1v) is 6.28. The van der Waals surface area contributed by atoms with Crippen LogP contribution in [0.15, 0.2) is 54.6 Å². The topological polar surface area (TPSA) is 83.5 Å². The molecule has 0 unspecified atom stereocenters. The number of ketones is 1. The summed E-state index contributed by atoms with van der Waals surface area (Å²) >= 11 is 0. The highest BCUT2D eigenvalue weighted by molar-refractivity contribution is 6.11. The molecule has 2 rings (SSSR count). The van der Waals surface area contributed by atoms with Crippen LogP contribution in [0.3, 0.4) is 0 Å². The van der Waals surface area contributed by atoms with Gasteiger partial charge in [0, 0.05) is 11.3 Å². The predicted octanol–water partition coefficient (Wildman–Crippen LogP) is 2.60. The molecule has 5 nitrogen and oxygen atoms in total. The molecular weight excluding hydrogens is 270 g/mol. The molecule has 2 N–H and O–H groups in total. The van der Waals surface area contributed by atoms with Crippen LogP contribution in [0.1, 0.15) is 27.1 Å². The van der Waals surface area contributed by atoms with Crippen LogP contribution in [0, 0.1) is 0 Å². The van der Waals surface area contributed by atoms with Crippen LogP contribution in [-0.2, 0) is 4.79 Å². The average molecular weight is 283 g/mol. The summed E-state index contributed by atoms with van der Waals surface area (Å²) in [6, 6.07) is 14.3. The molecule has 0 aromatic heterocycles. The normalized spacial score (nSPS) is 9.90. The number of carbonyl (C=O) groups excluding carboxylic acids is 2. The minimum atomic E-state index is -1.04. The van der Waals surface area contributed by atoms with Gasteiger partial charge in [-0.15, -0.1) is 0 Å². The number of aromatic carboxylic acids is 1. The zero-order chi connectivity index (χ0) is 15.2. The van der Waals surface area contributed by atoms with Crippen LogP contribution in [0.5, 0.6) is 0 Å². The molecule has 0 saturated carbocycles. The lowest BCUT2D eigenvalue weighted by Gasteiger charge is -2.05. The van der Waals surface area contributed by atoms with E-state index in [0.29, 0.717) is 11.3 Å². The number of rotatable bonds is 5. The molecule has 106 valence electrons. The third-order valence-corrected chi connectivity index (χ3v) is 2.83. The fourth-order valence-corrected chi connectivity index (χ4v) is 1.77. The lowest BCUT2D eigenvalue weighted by molar-refractivity contribution is -0.115. The van der Waals surface area contributed by atoms with Crippen molar-refractivity contribution in [2.45, 2.75) is 6.42 Å². The smallest absolute Gasteiger partial charge is 0.335 e. The third kappa shape index (κ3) is 4.01. The summed E-state index contributed by atoms with van der Waals surface area (Å²) in [5.41, 5.74) is 1.06. The molecule has 2 aromatic rings. The molecule has 5 heteroatoms. The Kier molecular flexibility index (Phi) is 4.46. The van der Waals surface area contributed by atoms with Gasteiger partial charge in [0.05, 0.1) is 12.0 Å². The molecule has 0 fully saturated rings. The van der Waals surface area contributed by atoms with E-state index >= 15 is 0 Å². The molecule has 0 heterocycles. The van der Waals surface area contributed by atoms with Gasteiger partial charge in [-0.1, -0.05) is 30.3 Å². The number of Topliss-reactive ketones (excluding diaryl/α,β-unsaturated/α-hetero) is 1. The average Bonchev–Trinajstić information content (AvgIpc) is 2.48. The van der Waals surface area contributed by atoms with Gasteiger partial charge >= 0.3 is 5.97 Å². The Morgan fingerprint density at radius 1 is 0.857 bits per heavy atom. The Morgan fingerprint density at radius 3 is 2.05 bits per heavy atom. The first kappa shape index (κ1) is 14.5. The summed E-state index contributed by atoms with van der Waals surface area (Å²) in [7, 11) is 0. The second-order valence-electron chi connectivity index (χ2n) is 4.40. The largest absolute Gasteiger partial charge is 0.478 e. The van der Waals surface area contributed by atoms with Crippen molar-refractivity contribution in [3.05, 3.63) is 65.7 Å². The maximum absolute atomic E-state index is 11.9. The van der Waals surface area contributed by atoms with Gasteiger partial charge in [0.1, 0.15) is 0 Å². The van der Waals surface area contributed by atoms with Gasteiger partial charge in [-0.2, -0.15) is 0 Å². The molecule has 0 atom stereocenters. The van der Waals surface area contributed by atoms with Gasteiger partial charge < -0.3 is 10.4 Å². The lowest BCUT2D eigenvalue weighted by Crippen LogP contribution is -2.16. The molecule has 2 aromatic carbocycles. The summed E-state index contributed by atoms with van der Waals surface area (Å²) in [5.74, 6) is -1.74. The van der Waals surface area contributed by atoms with Crippen molar-refractivity contribution in [1.29, 1.82) is 0 Å². The molecule has 1 amide bonds. The number of carboxylic acids is 1. The van der Waals surface area contributed by atoms with Gasteiger partial charge in [0.25, 0.3) is 0 Å². The van der Waals surface area contributed by atoms with Crippen molar-refractivity contribution in [2.24, 2.45) is 0 Å². The van der Waals surface area contributed by atoms with Crippen molar-refractivity contribution in [1.82, 2.24) is 0 Å². The van der Waals surface area contributed by atoms with Crippen LogP contribution in [0.4, 0.5) is 5.69 Å². The molecule has 21 heavy (non-hydrogen) atoms. The number of hydrogen-bond acceptors (Lipinski definition) is 3. The van der Waals surface area contributed by atoms with Crippen molar-refractivity contribution < 1.29 is 19.5 Å². The second-order valence-corrected chi connectivity index (χ2v) is 4.40. The van der Waals surface area contributed by atoms with Gasteiger partial charge in [-0.25, -0.2) is 4.79 Å². The lowest BCUT2D eigenvalue weighted by atomic mass is 10.1. The molecular formula is C16H13NO4. The van der Waals surface area contributed by atoms with Crippen LogP contribution in [0.2, 0.25) is 0 Å². The van der Waals surface area contributed by atoms with E-state index in [2.05, 4.69) is 5.32 Å². The number of amides is 1. The van der Waals surface area contributed by atoms with Gasteiger partial charge in [-0.3, -0.25) is 9.59 Å². The predicted molar refractivity (Wildman–Crippen MR) is 77.4 cm³/mol. The minimum absolute atomic E-state index is 0.133. The summed E-state index contributed by atoms with van der Waals surface area (Å²) in [6.07, 6.45) is -0.259. The maximum atomic E-state index is 11.9.